The van der Waals surface area contributed by atoms with Crippen LogP contribution < -0.4 is 10.1 Å². The van der Waals surface area contributed by atoms with Crippen molar-refractivity contribution in [1.82, 2.24) is 5.32 Å². The number of aliphatic hydroxyl groups excluding tert-OH is 1. The number of nitro benzene ring substituents is 1. The van der Waals surface area contributed by atoms with Crippen molar-refractivity contribution < 1.29 is 19.6 Å². The van der Waals surface area contributed by atoms with Crippen LogP contribution in [0.3, 0.4) is 0 Å². The van der Waals surface area contributed by atoms with Gasteiger partial charge in [0.1, 0.15) is 5.75 Å². The van der Waals surface area contributed by atoms with Gasteiger partial charge in [0.2, 0.25) is 0 Å². The number of carbonyl (C=O) groups is 1. The fourth-order valence-corrected chi connectivity index (χ4v) is 1.41. The first kappa shape index (κ1) is 14.9. The molecule has 0 radical (unpaired) electrons. The van der Waals surface area contributed by atoms with E-state index in [4.69, 9.17) is 9.84 Å². The third kappa shape index (κ3) is 3.92. The predicted molar refractivity (Wildman–Crippen MR) is 68.2 cm³/mol. The highest BCUT2D eigenvalue weighted by molar-refractivity contribution is 5.97. The zero-order valence-electron chi connectivity index (χ0n) is 10.8. The van der Waals surface area contributed by atoms with E-state index in [0.29, 0.717) is 0 Å². The number of benzene rings is 1. The van der Waals surface area contributed by atoms with Gasteiger partial charge in [-0.1, -0.05) is 6.92 Å². The van der Waals surface area contributed by atoms with E-state index in [2.05, 4.69) is 5.32 Å². The first-order chi connectivity index (χ1) is 8.99. The van der Waals surface area contributed by atoms with Crippen molar-refractivity contribution >= 4 is 11.6 Å². The minimum atomic E-state index is -0.577. The minimum absolute atomic E-state index is 0.0493. The lowest BCUT2D eigenvalue weighted by atomic mass is 10.1. The third-order valence-corrected chi connectivity index (χ3v) is 2.56. The van der Waals surface area contributed by atoms with Crippen LogP contribution in [-0.2, 0) is 0 Å². The highest BCUT2D eigenvalue weighted by Gasteiger charge is 2.17. The summed E-state index contributed by atoms with van der Waals surface area (Å²) in [5.74, 6) is -0.297. The molecular formula is C12H16N2O5. The predicted octanol–water partition coefficient (Wildman–Crippen LogP) is 0.962. The zero-order chi connectivity index (χ0) is 14.4. The molecule has 1 unspecified atom stereocenters. The van der Waals surface area contributed by atoms with Gasteiger partial charge in [0.05, 0.1) is 17.6 Å². The van der Waals surface area contributed by atoms with Gasteiger partial charge in [-0.15, -0.1) is 0 Å². The second-order valence-electron chi connectivity index (χ2n) is 4.14. The average Bonchev–Trinajstić information content (AvgIpc) is 2.43. The maximum Gasteiger partial charge on any atom is 0.270 e. The summed E-state index contributed by atoms with van der Waals surface area (Å²) >= 11 is 0. The number of nitrogens with one attached hydrogen (secondary N) is 1. The van der Waals surface area contributed by atoms with Gasteiger partial charge in [0, 0.05) is 25.3 Å². The van der Waals surface area contributed by atoms with E-state index in [1.807, 2.05) is 0 Å². The quantitative estimate of drug-likeness (QED) is 0.591. The van der Waals surface area contributed by atoms with E-state index in [1.54, 1.807) is 6.92 Å². The van der Waals surface area contributed by atoms with Crippen LogP contribution in [0.1, 0.15) is 17.3 Å². The number of carbonyl (C=O) groups excluding carboxylic acids is 1. The maximum absolute atomic E-state index is 11.9. The van der Waals surface area contributed by atoms with Crippen molar-refractivity contribution in [3.63, 3.8) is 0 Å². The first-order valence-corrected chi connectivity index (χ1v) is 5.71. The number of aliphatic hydroxyl groups is 1. The van der Waals surface area contributed by atoms with Crippen LogP contribution in [0.4, 0.5) is 5.69 Å². The van der Waals surface area contributed by atoms with Crippen LogP contribution in [0, 0.1) is 16.0 Å². The maximum atomic E-state index is 11.9. The van der Waals surface area contributed by atoms with E-state index in [-0.39, 0.29) is 36.1 Å². The molecule has 1 aromatic rings. The molecule has 7 nitrogen and oxygen atoms in total. The lowest BCUT2D eigenvalue weighted by Crippen LogP contribution is -2.29. The third-order valence-electron chi connectivity index (χ3n) is 2.56. The largest absolute Gasteiger partial charge is 0.496 e. The zero-order valence-corrected chi connectivity index (χ0v) is 10.8. The summed E-state index contributed by atoms with van der Waals surface area (Å²) < 4.78 is 5.00. The lowest BCUT2D eigenvalue weighted by molar-refractivity contribution is -0.384. The molecule has 0 bridgehead atoms. The van der Waals surface area contributed by atoms with Gasteiger partial charge in [-0.25, -0.2) is 0 Å². The van der Waals surface area contributed by atoms with Crippen molar-refractivity contribution in [2.75, 3.05) is 20.3 Å². The molecule has 19 heavy (non-hydrogen) atoms. The monoisotopic (exact) mass is 268 g/mol. The number of non-ortho nitro benzene ring substituents is 1. The molecule has 1 rings (SSSR count). The van der Waals surface area contributed by atoms with Gasteiger partial charge in [-0.05, 0) is 12.0 Å². The summed E-state index contributed by atoms with van der Waals surface area (Å²) in [4.78, 5) is 22.0. The Kier molecular flexibility index (Phi) is 5.25. The van der Waals surface area contributed by atoms with E-state index in [0.717, 1.165) is 6.07 Å². The van der Waals surface area contributed by atoms with E-state index in [1.165, 1.54) is 19.2 Å². The highest BCUT2D eigenvalue weighted by Crippen LogP contribution is 2.23. The summed E-state index contributed by atoms with van der Waals surface area (Å²) in [6.45, 7) is 2.00. The van der Waals surface area contributed by atoms with Crippen LogP contribution in [-0.4, -0.2) is 36.2 Å². The highest BCUT2D eigenvalue weighted by atomic mass is 16.6. The number of methoxy groups -OCH3 is 1. The summed E-state index contributed by atoms with van der Waals surface area (Å²) in [6, 6.07) is 3.81. The molecule has 0 aliphatic rings. The molecule has 0 aliphatic carbocycles. The van der Waals surface area contributed by atoms with Crippen molar-refractivity contribution in [3.05, 3.63) is 33.9 Å². The Morgan fingerprint density at radius 1 is 1.58 bits per heavy atom. The fourth-order valence-electron chi connectivity index (χ4n) is 1.41. The van der Waals surface area contributed by atoms with E-state index in [9.17, 15) is 14.9 Å². The molecule has 7 heteroatoms. The molecule has 1 amide bonds. The number of hydrogen-bond donors (Lipinski definition) is 2. The number of amides is 1. The molecule has 0 spiro atoms. The second-order valence-corrected chi connectivity index (χ2v) is 4.14. The summed E-state index contributed by atoms with van der Waals surface area (Å²) in [7, 11) is 1.38. The SMILES string of the molecule is COc1ccc([N+](=O)[O-])cc1C(=O)NCC(C)CO. The van der Waals surface area contributed by atoms with Crippen molar-refractivity contribution in [1.29, 1.82) is 0 Å². The molecule has 0 aromatic heterocycles. The van der Waals surface area contributed by atoms with Crippen LogP contribution in [0.5, 0.6) is 5.75 Å². The smallest absolute Gasteiger partial charge is 0.270 e. The standard InChI is InChI=1S/C12H16N2O5/c1-8(7-15)6-13-12(16)10-5-9(14(17)18)3-4-11(10)19-2/h3-5,8,15H,6-7H2,1-2H3,(H,13,16). The molecule has 0 fully saturated rings. The Balaban J connectivity index is 2.93. The fraction of sp³-hybridized carbons (Fsp3) is 0.417. The van der Waals surface area contributed by atoms with Gasteiger partial charge in [0.15, 0.2) is 0 Å². The Hall–Kier alpha value is -2.15. The van der Waals surface area contributed by atoms with E-state index >= 15 is 0 Å². The normalized spacial score (nSPS) is 11.7. The summed E-state index contributed by atoms with van der Waals surface area (Å²) in [6.07, 6.45) is 0. The van der Waals surface area contributed by atoms with Crippen LogP contribution in [0.2, 0.25) is 0 Å². The Labute approximate surface area is 110 Å². The molecule has 1 atom stereocenters. The second kappa shape index (κ2) is 6.69. The molecule has 104 valence electrons. The lowest BCUT2D eigenvalue weighted by Gasteiger charge is -2.11. The van der Waals surface area contributed by atoms with Crippen LogP contribution in [0.15, 0.2) is 18.2 Å². The van der Waals surface area contributed by atoms with E-state index < -0.39 is 10.8 Å². The van der Waals surface area contributed by atoms with Gasteiger partial charge < -0.3 is 15.2 Å². The number of nitrogens with zero attached hydrogens (tertiary/aromatic N) is 1. The summed E-state index contributed by atoms with van der Waals surface area (Å²) in [5, 5.41) is 22.1. The van der Waals surface area contributed by atoms with Gasteiger partial charge >= 0.3 is 0 Å². The van der Waals surface area contributed by atoms with Gasteiger partial charge in [-0.2, -0.15) is 0 Å². The molecule has 0 aliphatic heterocycles. The Morgan fingerprint density at radius 3 is 2.79 bits per heavy atom. The van der Waals surface area contributed by atoms with Crippen LogP contribution >= 0.6 is 0 Å². The van der Waals surface area contributed by atoms with Crippen molar-refractivity contribution in [3.8, 4) is 5.75 Å². The molecule has 2 N–H and O–H groups in total. The Morgan fingerprint density at radius 2 is 2.26 bits per heavy atom. The molecular weight excluding hydrogens is 252 g/mol. The Bertz CT molecular complexity index is 475. The number of ether oxygens (including phenoxy) is 1. The first-order valence-electron chi connectivity index (χ1n) is 5.71. The van der Waals surface area contributed by atoms with Crippen molar-refractivity contribution in [2.45, 2.75) is 6.92 Å². The number of rotatable bonds is 6. The number of nitro groups is 1. The number of hydrogen-bond acceptors (Lipinski definition) is 5. The molecule has 1 aromatic carbocycles. The van der Waals surface area contributed by atoms with Crippen LogP contribution in [0.25, 0.3) is 0 Å². The topological polar surface area (TPSA) is 102 Å². The average molecular weight is 268 g/mol. The molecule has 0 saturated heterocycles. The van der Waals surface area contributed by atoms with Gasteiger partial charge in [-0.3, -0.25) is 14.9 Å². The minimum Gasteiger partial charge on any atom is -0.496 e. The molecule has 0 saturated carbocycles. The summed E-state index contributed by atoms with van der Waals surface area (Å²) in [5.41, 5.74) is -0.0806. The van der Waals surface area contributed by atoms with Crippen molar-refractivity contribution in [2.24, 2.45) is 5.92 Å². The molecule has 0 heterocycles. The van der Waals surface area contributed by atoms with Gasteiger partial charge in [0.25, 0.3) is 11.6 Å².